The first kappa shape index (κ1) is 29.5. The van der Waals surface area contributed by atoms with Crippen LogP contribution >= 0.6 is 27.3 Å². The van der Waals surface area contributed by atoms with Gasteiger partial charge in [0.25, 0.3) is 0 Å². The second kappa shape index (κ2) is 11.1. The van der Waals surface area contributed by atoms with Crippen LogP contribution in [0, 0.1) is 5.92 Å². The summed E-state index contributed by atoms with van der Waals surface area (Å²) in [6.07, 6.45) is 7.96. The molecular weight excluding hydrogens is 616 g/mol. The lowest BCUT2D eigenvalue weighted by atomic mass is 9.48. The SMILES string of the molecule is C=CCN1CC[C@]23c4c5ccc(OC)c4O[C@H]2[C@H](N(CC(C)C)C(=O)/C=C/c2cc(Br)cs2)CC[C@@]3(OC(C)=O)[C@H]1C5. The molecule has 42 heavy (non-hydrogen) atoms. The second-order valence-corrected chi connectivity index (χ2v) is 14.2. The van der Waals surface area contributed by atoms with Crippen molar-refractivity contribution in [3.63, 3.8) is 0 Å². The van der Waals surface area contributed by atoms with E-state index >= 15 is 0 Å². The standard InChI is InChI=1S/C33H39BrN2O5S/c1-6-14-35-15-13-32-29-22-7-9-26(39-5)30(29)40-31(32)25(11-12-33(32,27(35)16-22)41-21(4)37)36(18-20(2)3)28(38)10-8-24-17-23(34)19-42-24/h6-10,17,19-20,25,27,31H,1,11-16,18H2,2-5H3/b10-8+/t25-,27-,31+,32+,33-/m1/s1. The molecule has 5 atom stereocenters. The summed E-state index contributed by atoms with van der Waals surface area (Å²) in [5, 5.41) is 2.01. The molecule has 1 saturated heterocycles. The van der Waals surface area contributed by atoms with E-state index in [0.717, 1.165) is 46.6 Å². The summed E-state index contributed by atoms with van der Waals surface area (Å²) in [6, 6.07) is 5.94. The summed E-state index contributed by atoms with van der Waals surface area (Å²) < 4.78 is 20.4. The van der Waals surface area contributed by atoms with Crippen LogP contribution in [0.5, 0.6) is 11.5 Å². The maximum absolute atomic E-state index is 14.0. The Morgan fingerprint density at radius 1 is 1.33 bits per heavy atom. The number of ether oxygens (including phenoxy) is 3. The highest BCUT2D eigenvalue weighted by atomic mass is 79.9. The average molecular weight is 656 g/mol. The number of methoxy groups -OCH3 is 1. The minimum Gasteiger partial charge on any atom is -0.493 e. The number of nitrogens with zero attached hydrogens (tertiary/aromatic N) is 2. The van der Waals surface area contributed by atoms with Gasteiger partial charge < -0.3 is 19.1 Å². The average Bonchev–Trinajstić information content (AvgIpc) is 3.52. The molecule has 0 unspecified atom stereocenters. The molecule has 1 aromatic carbocycles. The largest absolute Gasteiger partial charge is 0.493 e. The van der Waals surface area contributed by atoms with Gasteiger partial charge in [-0.3, -0.25) is 14.5 Å². The van der Waals surface area contributed by atoms with Crippen LogP contribution in [0.1, 0.15) is 56.0 Å². The number of esters is 1. The fourth-order valence-corrected chi connectivity index (χ4v) is 9.68. The zero-order chi connectivity index (χ0) is 29.8. The Balaban J connectivity index is 1.49. The van der Waals surface area contributed by atoms with Crippen molar-refractivity contribution >= 4 is 45.2 Å². The number of hydrogen-bond donors (Lipinski definition) is 0. The summed E-state index contributed by atoms with van der Waals surface area (Å²) in [5.41, 5.74) is 0.945. The molecule has 2 aliphatic carbocycles. The monoisotopic (exact) mass is 654 g/mol. The Bertz CT molecular complexity index is 1440. The zero-order valence-electron chi connectivity index (χ0n) is 24.7. The third-order valence-corrected chi connectivity index (χ3v) is 11.3. The molecule has 7 nitrogen and oxygen atoms in total. The molecule has 1 aromatic heterocycles. The highest BCUT2D eigenvalue weighted by molar-refractivity contribution is 9.10. The van der Waals surface area contributed by atoms with E-state index in [1.165, 1.54) is 12.5 Å². The van der Waals surface area contributed by atoms with E-state index in [-0.39, 0.29) is 36.0 Å². The molecule has 3 heterocycles. The van der Waals surface area contributed by atoms with Crippen LogP contribution in [0.4, 0.5) is 0 Å². The highest BCUT2D eigenvalue weighted by Gasteiger charge is 2.75. The fraction of sp³-hybridized carbons (Fsp3) is 0.515. The lowest BCUT2D eigenvalue weighted by molar-refractivity contribution is -0.223. The molecule has 0 radical (unpaired) electrons. The lowest BCUT2D eigenvalue weighted by Crippen LogP contribution is -2.79. The molecular formula is C33H39BrN2O5S. The molecule has 4 aliphatic rings. The number of hydrogen-bond acceptors (Lipinski definition) is 7. The number of benzene rings is 1. The quantitative estimate of drug-likeness (QED) is 0.188. The van der Waals surface area contributed by atoms with Crippen molar-refractivity contribution in [3.05, 3.63) is 62.8 Å². The van der Waals surface area contributed by atoms with Gasteiger partial charge >= 0.3 is 5.97 Å². The molecule has 6 rings (SSSR count). The van der Waals surface area contributed by atoms with Gasteiger partial charge in [-0.05, 0) is 71.3 Å². The van der Waals surface area contributed by atoms with Crippen LogP contribution < -0.4 is 9.47 Å². The molecule has 1 amide bonds. The smallest absolute Gasteiger partial charge is 0.303 e. The Labute approximate surface area is 260 Å². The van der Waals surface area contributed by atoms with Gasteiger partial charge in [0, 0.05) is 52.9 Å². The van der Waals surface area contributed by atoms with E-state index in [9.17, 15) is 9.59 Å². The first-order chi connectivity index (χ1) is 20.1. The normalized spacial score (nSPS) is 29.2. The van der Waals surface area contributed by atoms with E-state index < -0.39 is 11.0 Å². The number of likely N-dealkylation sites (tertiary alicyclic amines) is 1. The van der Waals surface area contributed by atoms with Crippen molar-refractivity contribution in [3.8, 4) is 11.5 Å². The molecule has 2 aromatic rings. The third-order valence-electron chi connectivity index (χ3n) is 9.62. The van der Waals surface area contributed by atoms with Crippen molar-refractivity contribution in [2.75, 3.05) is 26.7 Å². The van der Waals surface area contributed by atoms with E-state index in [2.05, 4.69) is 47.3 Å². The number of carbonyl (C=O) groups is 2. The van der Waals surface area contributed by atoms with Crippen molar-refractivity contribution in [1.82, 2.24) is 9.80 Å². The number of amides is 1. The summed E-state index contributed by atoms with van der Waals surface area (Å²) in [5.74, 6) is 1.38. The summed E-state index contributed by atoms with van der Waals surface area (Å²) in [4.78, 5) is 32.4. The first-order valence-electron chi connectivity index (χ1n) is 14.8. The Kier molecular flexibility index (Phi) is 7.81. The van der Waals surface area contributed by atoms with Crippen molar-refractivity contribution in [1.29, 1.82) is 0 Å². The molecule has 224 valence electrons. The minimum absolute atomic E-state index is 0.0153. The van der Waals surface area contributed by atoms with E-state index in [4.69, 9.17) is 14.2 Å². The molecule has 2 aliphatic heterocycles. The fourth-order valence-electron chi connectivity index (χ4n) is 8.34. The molecule has 1 saturated carbocycles. The van der Waals surface area contributed by atoms with Gasteiger partial charge in [0.1, 0.15) is 11.7 Å². The zero-order valence-corrected chi connectivity index (χ0v) is 27.1. The number of thiophene rings is 1. The van der Waals surface area contributed by atoms with Gasteiger partial charge in [0.05, 0.1) is 24.6 Å². The maximum Gasteiger partial charge on any atom is 0.303 e. The van der Waals surface area contributed by atoms with Gasteiger partial charge in [-0.25, -0.2) is 0 Å². The van der Waals surface area contributed by atoms with Crippen LogP contribution in [0.3, 0.4) is 0 Å². The van der Waals surface area contributed by atoms with Gasteiger partial charge in [-0.1, -0.05) is 26.0 Å². The van der Waals surface area contributed by atoms with Gasteiger partial charge in [0.15, 0.2) is 11.5 Å². The molecule has 0 N–H and O–H groups in total. The summed E-state index contributed by atoms with van der Waals surface area (Å²) >= 11 is 5.10. The predicted molar refractivity (Wildman–Crippen MR) is 168 cm³/mol. The van der Waals surface area contributed by atoms with Crippen molar-refractivity contribution < 1.29 is 23.8 Å². The third kappa shape index (κ3) is 4.46. The molecule has 2 bridgehead atoms. The molecule has 9 heteroatoms. The summed E-state index contributed by atoms with van der Waals surface area (Å²) in [7, 11) is 1.67. The minimum atomic E-state index is -0.780. The van der Waals surface area contributed by atoms with E-state index in [1.807, 2.05) is 34.6 Å². The van der Waals surface area contributed by atoms with Gasteiger partial charge in [-0.2, -0.15) is 0 Å². The number of carbonyl (C=O) groups excluding carboxylic acids is 2. The number of piperidine rings is 1. The second-order valence-electron chi connectivity index (χ2n) is 12.4. The Morgan fingerprint density at radius 3 is 2.81 bits per heavy atom. The van der Waals surface area contributed by atoms with Gasteiger partial charge in [-0.15, -0.1) is 17.9 Å². The van der Waals surface area contributed by atoms with E-state index in [1.54, 1.807) is 24.5 Å². The van der Waals surface area contributed by atoms with E-state index in [0.29, 0.717) is 25.1 Å². The molecule has 1 spiro atoms. The van der Waals surface area contributed by atoms with Crippen LogP contribution in [0.15, 0.2) is 46.8 Å². The predicted octanol–water partition coefficient (Wildman–Crippen LogP) is 6.00. The summed E-state index contributed by atoms with van der Waals surface area (Å²) in [6.45, 7) is 12.0. The van der Waals surface area contributed by atoms with Crippen LogP contribution in [0.25, 0.3) is 6.08 Å². The topological polar surface area (TPSA) is 68.3 Å². The Hall–Kier alpha value is -2.62. The maximum atomic E-state index is 14.0. The number of rotatable bonds is 9. The molecule has 2 fully saturated rings. The highest BCUT2D eigenvalue weighted by Crippen LogP contribution is 2.67. The van der Waals surface area contributed by atoms with Crippen LogP contribution in [-0.4, -0.2) is 72.2 Å². The first-order valence-corrected chi connectivity index (χ1v) is 16.5. The number of halogens is 1. The van der Waals surface area contributed by atoms with Gasteiger partial charge in [0.2, 0.25) is 5.91 Å². The van der Waals surface area contributed by atoms with Crippen molar-refractivity contribution in [2.45, 2.75) is 75.7 Å². The van der Waals surface area contributed by atoms with Crippen LogP contribution in [-0.2, 0) is 26.2 Å². The Morgan fingerprint density at radius 2 is 2.14 bits per heavy atom. The van der Waals surface area contributed by atoms with Crippen molar-refractivity contribution in [2.24, 2.45) is 5.92 Å². The lowest BCUT2D eigenvalue weighted by Gasteiger charge is -2.65. The van der Waals surface area contributed by atoms with Crippen LogP contribution in [0.2, 0.25) is 0 Å².